The van der Waals surface area contributed by atoms with Gasteiger partial charge in [0.2, 0.25) is 5.95 Å². The quantitative estimate of drug-likeness (QED) is 0.496. The zero-order valence-electron chi connectivity index (χ0n) is 15.8. The number of nitrogens with one attached hydrogen (secondary N) is 1. The summed E-state index contributed by atoms with van der Waals surface area (Å²) in [6.07, 6.45) is 4.75. The summed E-state index contributed by atoms with van der Waals surface area (Å²) in [6, 6.07) is 17.8. The lowest BCUT2D eigenvalue weighted by molar-refractivity contribution is 0.745. The number of nitrogens with zero attached hydrogens (tertiary/aromatic N) is 4. The molecular formula is C22H21ClN6. The third kappa shape index (κ3) is 3.40. The van der Waals surface area contributed by atoms with Gasteiger partial charge < -0.3 is 11.1 Å². The van der Waals surface area contributed by atoms with Gasteiger partial charge >= 0.3 is 0 Å². The van der Waals surface area contributed by atoms with E-state index in [9.17, 15) is 0 Å². The van der Waals surface area contributed by atoms with Gasteiger partial charge in [-0.05, 0) is 37.1 Å². The standard InChI is InChI=1S/C22H21ClN6/c23-15-12-10-14(11-13-15)19-18-20(24)29(17-8-2-1-3-9-17)28-21(18)27-22(26-19)25-16-6-4-5-7-16/h1-3,8-13,16H,4-7,24H2,(H,25,27,28). The first-order valence-corrected chi connectivity index (χ1v) is 10.2. The third-order valence-electron chi connectivity index (χ3n) is 5.38. The number of benzene rings is 2. The Morgan fingerprint density at radius 1 is 0.966 bits per heavy atom. The van der Waals surface area contributed by atoms with Crippen LogP contribution in [0.5, 0.6) is 0 Å². The Labute approximate surface area is 173 Å². The Morgan fingerprint density at radius 3 is 2.41 bits per heavy atom. The van der Waals surface area contributed by atoms with E-state index in [1.165, 1.54) is 12.8 Å². The van der Waals surface area contributed by atoms with E-state index in [0.717, 1.165) is 35.2 Å². The Balaban J connectivity index is 1.70. The minimum absolute atomic E-state index is 0.402. The zero-order valence-corrected chi connectivity index (χ0v) is 16.6. The minimum Gasteiger partial charge on any atom is -0.383 e. The van der Waals surface area contributed by atoms with E-state index in [4.69, 9.17) is 27.4 Å². The molecule has 2 aromatic heterocycles. The van der Waals surface area contributed by atoms with E-state index in [2.05, 4.69) is 10.3 Å². The lowest BCUT2D eigenvalue weighted by Gasteiger charge is -2.13. The Morgan fingerprint density at radius 2 is 1.69 bits per heavy atom. The van der Waals surface area contributed by atoms with Crippen molar-refractivity contribution in [2.45, 2.75) is 31.7 Å². The number of anilines is 2. The molecule has 2 aromatic carbocycles. The summed E-state index contributed by atoms with van der Waals surface area (Å²) in [5.41, 5.74) is 9.67. The second-order valence-corrected chi connectivity index (χ2v) is 7.80. The van der Waals surface area contributed by atoms with E-state index >= 15 is 0 Å². The molecule has 146 valence electrons. The number of fused-ring (bicyclic) bond motifs is 1. The van der Waals surface area contributed by atoms with Gasteiger partial charge in [-0.25, -0.2) is 9.67 Å². The third-order valence-corrected chi connectivity index (χ3v) is 5.63. The fraction of sp³-hybridized carbons (Fsp3) is 0.227. The van der Waals surface area contributed by atoms with Crippen molar-refractivity contribution < 1.29 is 0 Å². The minimum atomic E-state index is 0.402. The lowest BCUT2D eigenvalue weighted by Crippen LogP contribution is -2.17. The number of rotatable bonds is 4. The molecule has 4 aromatic rings. The summed E-state index contributed by atoms with van der Waals surface area (Å²) >= 11 is 6.09. The largest absolute Gasteiger partial charge is 0.383 e. The number of nitrogen functional groups attached to an aromatic ring is 1. The molecule has 0 aliphatic heterocycles. The van der Waals surface area contributed by atoms with Crippen molar-refractivity contribution in [2.24, 2.45) is 0 Å². The molecule has 5 rings (SSSR count). The first-order valence-electron chi connectivity index (χ1n) is 9.83. The maximum Gasteiger partial charge on any atom is 0.225 e. The summed E-state index contributed by atoms with van der Waals surface area (Å²) in [5, 5.41) is 9.60. The van der Waals surface area contributed by atoms with E-state index in [1.807, 2.05) is 54.6 Å². The maximum absolute atomic E-state index is 6.53. The molecule has 0 amide bonds. The number of aromatic nitrogens is 4. The van der Waals surface area contributed by atoms with Crippen LogP contribution in [0, 0.1) is 0 Å². The van der Waals surface area contributed by atoms with Crippen molar-refractivity contribution in [3.05, 3.63) is 59.6 Å². The van der Waals surface area contributed by atoms with Gasteiger partial charge in [-0.3, -0.25) is 0 Å². The summed E-state index contributed by atoms with van der Waals surface area (Å²) in [5.74, 6) is 1.11. The highest BCUT2D eigenvalue weighted by atomic mass is 35.5. The molecule has 0 unspecified atom stereocenters. The van der Waals surface area contributed by atoms with Crippen LogP contribution in [0.2, 0.25) is 5.02 Å². The van der Waals surface area contributed by atoms with Crippen LogP contribution in [0.15, 0.2) is 54.6 Å². The smallest absolute Gasteiger partial charge is 0.225 e. The topological polar surface area (TPSA) is 81.7 Å². The van der Waals surface area contributed by atoms with E-state index in [-0.39, 0.29) is 0 Å². The van der Waals surface area contributed by atoms with Crippen molar-refractivity contribution in [3.63, 3.8) is 0 Å². The summed E-state index contributed by atoms with van der Waals surface area (Å²) in [7, 11) is 0. The molecule has 1 fully saturated rings. The first kappa shape index (κ1) is 17.9. The van der Waals surface area contributed by atoms with Crippen LogP contribution in [0.1, 0.15) is 25.7 Å². The highest BCUT2D eigenvalue weighted by molar-refractivity contribution is 6.30. The van der Waals surface area contributed by atoms with Gasteiger partial charge in [0.15, 0.2) is 5.65 Å². The monoisotopic (exact) mass is 404 g/mol. The molecule has 1 saturated carbocycles. The Kier molecular flexibility index (Phi) is 4.56. The molecule has 0 bridgehead atoms. The molecule has 0 saturated heterocycles. The molecule has 29 heavy (non-hydrogen) atoms. The lowest BCUT2D eigenvalue weighted by atomic mass is 10.1. The molecular weight excluding hydrogens is 384 g/mol. The molecule has 1 aliphatic rings. The van der Waals surface area contributed by atoms with Crippen LogP contribution in [0.3, 0.4) is 0 Å². The number of halogens is 1. The predicted octanol–water partition coefficient (Wildman–Crippen LogP) is 5.07. The van der Waals surface area contributed by atoms with Crippen LogP contribution in [0.25, 0.3) is 28.0 Å². The molecule has 3 N–H and O–H groups in total. The van der Waals surface area contributed by atoms with Crippen molar-refractivity contribution in [1.82, 2.24) is 19.7 Å². The average Bonchev–Trinajstić information content (AvgIpc) is 3.37. The number of para-hydroxylation sites is 1. The molecule has 1 aliphatic carbocycles. The SMILES string of the molecule is Nc1c2c(-c3ccc(Cl)cc3)nc(NC3CCCC3)nc2nn1-c1ccccc1. The Bertz CT molecular complexity index is 1150. The summed E-state index contributed by atoms with van der Waals surface area (Å²) in [6.45, 7) is 0. The van der Waals surface area contributed by atoms with Gasteiger partial charge in [-0.15, -0.1) is 5.10 Å². The fourth-order valence-corrected chi connectivity index (χ4v) is 4.04. The number of hydrogen-bond donors (Lipinski definition) is 2. The number of nitrogens with two attached hydrogens (primary N) is 1. The Hall–Kier alpha value is -3.12. The maximum atomic E-state index is 6.53. The molecule has 7 heteroatoms. The van der Waals surface area contributed by atoms with Gasteiger partial charge in [0.25, 0.3) is 0 Å². The van der Waals surface area contributed by atoms with Gasteiger partial charge in [0.05, 0.1) is 16.8 Å². The highest BCUT2D eigenvalue weighted by Crippen LogP contribution is 2.33. The molecule has 0 spiro atoms. The van der Waals surface area contributed by atoms with Crippen LogP contribution >= 0.6 is 11.6 Å². The van der Waals surface area contributed by atoms with E-state index < -0.39 is 0 Å². The molecule has 2 heterocycles. The molecule has 0 atom stereocenters. The van der Waals surface area contributed by atoms with Crippen LogP contribution in [-0.2, 0) is 0 Å². The second-order valence-electron chi connectivity index (χ2n) is 7.36. The van der Waals surface area contributed by atoms with Gasteiger partial charge in [-0.2, -0.15) is 4.98 Å². The van der Waals surface area contributed by atoms with Crippen LogP contribution in [-0.4, -0.2) is 25.8 Å². The van der Waals surface area contributed by atoms with Gasteiger partial charge in [0, 0.05) is 16.6 Å². The molecule has 0 radical (unpaired) electrons. The zero-order chi connectivity index (χ0) is 19.8. The van der Waals surface area contributed by atoms with Crippen molar-refractivity contribution in [1.29, 1.82) is 0 Å². The second kappa shape index (κ2) is 7.37. The van der Waals surface area contributed by atoms with Crippen molar-refractivity contribution in [2.75, 3.05) is 11.1 Å². The number of hydrogen-bond acceptors (Lipinski definition) is 5. The fourth-order valence-electron chi connectivity index (χ4n) is 3.91. The predicted molar refractivity (Wildman–Crippen MR) is 117 cm³/mol. The first-order chi connectivity index (χ1) is 14.2. The van der Waals surface area contributed by atoms with E-state index in [1.54, 1.807) is 4.68 Å². The summed E-state index contributed by atoms with van der Waals surface area (Å²) in [4.78, 5) is 9.52. The van der Waals surface area contributed by atoms with Gasteiger partial charge in [-0.1, -0.05) is 54.8 Å². The van der Waals surface area contributed by atoms with Gasteiger partial charge in [0.1, 0.15) is 5.82 Å². The molecule has 6 nitrogen and oxygen atoms in total. The van der Waals surface area contributed by atoms with Crippen LogP contribution in [0.4, 0.5) is 11.8 Å². The normalized spacial score (nSPS) is 14.5. The van der Waals surface area contributed by atoms with Crippen LogP contribution < -0.4 is 11.1 Å². The van der Waals surface area contributed by atoms with Crippen molar-refractivity contribution >= 4 is 34.4 Å². The van der Waals surface area contributed by atoms with E-state index in [0.29, 0.717) is 28.5 Å². The summed E-state index contributed by atoms with van der Waals surface area (Å²) < 4.78 is 1.72. The average molecular weight is 405 g/mol. The van der Waals surface area contributed by atoms with Crippen molar-refractivity contribution in [3.8, 4) is 16.9 Å². The highest BCUT2D eigenvalue weighted by Gasteiger charge is 2.21.